The minimum Gasteiger partial charge on any atom is -0.497 e. The molecule has 3 aromatic rings. The average molecular weight is 378 g/mol. The number of aryl methyl sites for hydroxylation is 1. The normalized spacial score (nSPS) is 15.7. The minimum absolute atomic E-state index is 0.136. The van der Waals surface area contributed by atoms with Gasteiger partial charge in [0.1, 0.15) is 11.9 Å². The van der Waals surface area contributed by atoms with Crippen molar-refractivity contribution in [3.05, 3.63) is 76.6 Å². The molecule has 4 rings (SSSR count). The molecule has 0 unspecified atom stereocenters. The zero-order chi connectivity index (χ0) is 19.5. The summed E-state index contributed by atoms with van der Waals surface area (Å²) in [5.74, 6) is 0.557. The van der Waals surface area contributed by atoms with E-state index < -0.39 is 0 Å². The Bertz CT molecular complexity index is 964. The van der Waals surface area contributed by atoms with E-state index in [0.29, 0.717) is 24.5 Å². The summed E-state index contributed by atoms with van der Waals surface area (Å²) in [4.78, 5) is 12.5. The van der Waals surface area contributed by atoms with Gasteiger partial charge in [0.25, 0.3) is 5.91 Å². The SMILES string of the molecule is COc1ccc([C@@H]2Cn3nnc(C(=O)NCc4ccc(C)cc4)c3CO2)cc1. The number of amides is 1. The number of rotatable bonds is 5. The molecule has 0 saturated carbocycles. The van der Waals surface area contributed by atoms with E-state index in [4.69, 9.17) is 9.47 Å². The number of ether oxygens (including phenoxy) is 2. The topological polar surface area (TPSA) is 78.3 Å². The van der Waals surface area contributed by atoms with Gasteiger partial charge >= 0.3 is 0 Å². The van der Waals surface area contributed by atoms with Crippen LogP contribution in [0, 0.1) is 6.92 Å². The number of carbonyl (C=O) groups is 1. The fourth-order valence-corrected chi connectivity index (χ4v) is 3.18. The molecule has 1 aliphatic rings. The summed E-state index contributed by atoms with van der Waals surface area (Å²) < 4.78 is 12.9. The molecular weight excluding hydrogens is 356 g/mol. The molecule has 28 heavy (non-hydrogen) atoms. The first-order valence-electron chi connectivity index (χ1n) is 9.15. The summed E-state index contributed by atoms with van der Waals surface area (Å²) in [6.45, 7) is 3.28. The number of aromatic nitrogens is 3. The molecule has 1 aromatic heterocycles. The van der Waals surface area contributed by atoms with Crippen LogP contribution in [0.4, 0.5) is 0 Å². The molecule has 1 aliphatic heterocycles. The molecule has 0 bridgehead atoms. The third kappa shape index (κ3) is 3.75. The highest BCUT2D eigenvalue weighted by atomic mass is 16.5. The number of nitrogens with zero attached hydrogens (tertiary/aromatic N) is 3. The van der Waals surface area contributed by atoms with E-state index in [1.807, 2.05) is 55.5 Å². The Morgan fingerprint density at radius 2 is 1.96 bits per heavy atom. The molecule has 0 spiro atoms. The van der Waals surface area contributed by atoms with Crippen molar-refractivity contribution in [3.8, 4) is 5.75 Å². The van der Waals surface area contributed by atoms with Crippen LogP contribution < -0.4 is 10.1 Å². The lowest BCUT2D eigenvalue weighted by Crippen LogP contribution is -2.27. The highest BCUT2D eigenvalue weighted by Gasteiger charge is 2.27. The van der Waals surface area contributed by atoms with Crippen LogP contribution in [0.3, 0.4) is 0 Å². The Balaban J connectivity index is 1.42. The van der Waals surface area contributed by atoms with Gasteiger partial charge in [-0.05, 0) is 30.2 Å². The highest BCUT2D eigenvalue weighted by Crippen LogP contribution is 2.28. The molecule has 7 nitrogen and oxygen atoms in total. The monoisotopic (exact) mass is 378 g/mol. The molecule has 1 amide bonds. The minimum atomic E-state index is -0.242. The number of benzene rings is 2. The summed E-state index contributed by atoms with van der Waals surface area (Å²) in [5.41, 5.74) is 4.28. The van der Waals surface area contributed by atoms with Gasteiger partial charge in [-0.1, -0.05) is 47.2 Å². The number of methoxy groups -OCH3 is 1. The zero-order valence-electron chi connectivity index (χ0n) is 15.9. The Morgan fingerprint density at radius 3 is 2.68 bits per heavy atom. The van der Waals surface area contributed by atoms with Gasteiger partial charge in [0.15, 0.2) is 5.69 Å². The molecule has 0 fully saturated rings. The fraction of sp³-hybridized carbons (Fsp3) is 0.286. The van der Waals surface area contributed by atoms with E-state index >= 15 is 0 Å². The Morgan fingerprint density at radius 1 is 1.21 bits per heavy atom. The molecule has 0 aliphatic carbocycles. The third-order valence-corrected chi connectivity index (χ3v) is 4.87. The predicted octanol–water partition coefficient (Wildman–Crippen LogP) is 2.80. The van der Waals surface area contributed by atoms with Gasteiger partial charge in [0.2, 0.25) is 0 Å². The maximum Gasteiger partial charge on any atom is 0.274 e. The lowest BCUT2D eigenvalue weighted by molar-refractivity contribution is -0.00179. The van der Waals surface area contributed by atoms with E-state index in [2.05, 4.69) is 15.6 Å². The smallest absolute Gasteiger partial charge is 0.274 e. The van der Waals surface area contributed by atoms with Crippen LogP contribution in [0.15, 0.2) is 48.5 Å². The zero-order valence-corrected chi connectivity index (χ0v) is 15.9. The van der Waals surface area contributed by atoms with Crippen LogP contribution in [0.2, 0.25) is 0 Å². The van der Waals surface area contributed by atoms with Crippen molar-refractivity contribution >= 4 is 5.91 Å². The van der Waals surface area contributed by atoms with E-state index in [-0.39, 0.29) is 18.6 Å². The van der Waals surface area contributed by atoms with Crippen molar-refractivity contribution in [2.75, 3.05) is 7.11 Å². The Hall–Kier alpha value is -3.19. The third-order valence-electron chi connectivity index (χ3n) is 4.87. The molecule has 2 aromatic carbocycles. The van der Waals surface area contributed by atoms with Gasteiger partial charge in [0.05, 0.1) is 26.0 Å². The van der Waals surface area contributed by atoms with Crippen LogP contribution in [0.25, 0.3) is 0 Å². The van der Waals surface area contributed by atoms with Gasteiger partial charge < -0.3 is 14.8 Å². The van der Waals surface area contributed by atoms with Crippen LogP contribution in [0.1, 0.15) is 39.0 Å². The molecule has 7 heteroatoms. The lowest BCUT2D eigenvalue weighted by Gasteiger charge is -2.24. The van der Waals surface area contributed by atoms with Crippen LogP contribution in [0.5, 0.6) is 5.75 Å². The number of fused-ring (bicyclic) bond motifs is 1. The van der Waals surface area contributed by atoms with Crippen LogP contribution in [-0.2, 0) is 24.4 Å². The van der Waals surface area contributed by atoms with Gasteiger partial charge in [-0.15, -0.1) is 5.10 Å². The maximum atomic E-state index is 12.5. The van der Waals surface area contributed by atoms with Crippen molar-refractivity contribution in [2.24, 2.45) is 0 Å². The van der Waals surface area contributed by atoms with E-state index in [1.54, 1.807) is 11.8 Å². The first-order chi connectivity index (χ1) is 13.6. The fourth-order valence-electron chi connectivity index (χ4n) is 3.18. The summed E-state index contributed by atoms with van der Waals surface area (Å²) in [6, 6.07) is 15.8. The molecule has 2 heterocycles. The van der Waals surface area contributed by atoms with Gasteiger partial charge in [-0.3, -0.25) is 4.79 Å². The van der Waals surface area contributed by atoms with Crippen molar-refractivity contribution in [1.82, 2.24) is 20.3 Å². The highest BCUT2D eigenvalue weighted by molar-refractivity contribution is 5.93. The quantitative estimate of drug-likeness (QED) is 0.739. The number of nitrogens with one attached hydrogen (secondary N) is 1. The van der Waals surface area contributed by atoms with E-state index in [0.717, 1.165) is 16.9 Å². The molecule has 1 atom stereocenters. The second kappa shape index (κ2) is 7.82. The van der Waals surface area contributed by atoms with Crippen molar-refractivity contribution in [1.29, 1.82) is 0 Å². The molecule has 144 valence electrons. The Kier molecular flexibility index (Phi) is 5.08. The van der Waals surface area contributed by atoms with Gasteiger partial charge in [-0.2, -0.15) is 0 Å². The van der Waals surface area contributed by atoms with Crippen LogP contribution in [-0.4, -0.2) is 28.0 Å². The molecule has 0 radical (unpaired) electrons. The van der Waals surface area contributed by atoms with Gasteiger partial charge in [-0.25, -0.2) is 4.68 Å². The van der Waals surface area contributed by atoms with E-state index in [9.17, 15) is 4.79 Å². The summed E-state index contributed by atoms with van der Waals surface area (Å²) >= 11 is 0. The van der Waals surface area contributed by atoms with Crippen molar-refractivity contribution in [3.63, 3.8) is 0 Å². The summed E-state index contributed by atoms with van der Waals surface area (Å²) in [7, 11) is 1.64. The standard InChI is InChI=1S/C21H22N4O3/c1-14-3-5-15(6-4-14)11-22-21(26)20-18-13-28-19(12-25(18)24-23-20)16-7-9-17(27-2)10-8-16/h3-10,19H,11-13H2,1-2H3,(H,22,26)/t19-/m0/s1. The lowest BCUT2D eigenvalue weighted by atomic mass is 10.1. The first kappa shape index (κ1) is 18.2. The second-order valence-corrected chi connectivity index (χ2v) is 6.81. The van der Waals surface area contributed by atoms with E-state index in [1.165, 1.54) is 5.56 Å². The summed E-state index contributed by atoms with van der Waals surface area (Å²) in [6.07, 6.45) is -0.136. The maximum absolute atomic E-state index is 12.5. The summed E-state index contributed by atoms with van der Waals surface area (Å²) in [5, 5.41) is 11.1. The molecule has 0 saturated heterocycles. The number of hydrogen-bond acceptors (Lipinski definition) is 5. The first-order valence-corrected chi connectivity index (χ1v) is 9.15. The van der Waals surface area contributed by atoms with Crippen LogP contribution >= 0.6 is 0 Å². The molecule has 1 N–H and O–H groups in total. The predicted molar refractivity (Wildman–Crippen MR) is 103 cm³/mol. The average Bonchev–Trinajstić information content (AvgIpc) is 3.16. The largest absolute Gasteiger partial charge is 0.497 e. The second-order valence-electron chi connectivity index (χ2n) is 6.81. The van der Waals surface area contributed by atoms with Crippen molar-refractivity contribution in [2.45, 2.75) is 32.7 Å². The Labute approximate surface area is 163 Å². The molecular formula is C21H22N4O3. The number of hydrogen-bond donors (Lipinski definition) is 1. The van der Waals surface area contributed by atoms with Gasteiger partial charge in [0, 0.05) is 6.54 Å². The number of carbonyl (C=O) groups excluding carboxylic acids is 1. The van der Waals surface area contributed by atoms with Crippen molar-refractivity contribution < 1.29 is 14.3 Å².